The molecule has 0 atom stereocenters. The van der Waals surface area contributed by atoms with Gasteiger partial charge in [0.1, 0.15) is 5.57 Å². The fraction of sp³-hybridized carbons (Fsp3) is 0.0588. The first-order valence-electron chi connectivity index (χ1n) is 7.25. The molecule has 0 radical (unpaired) electrons. The summed E-state index contributed by atoms with van der Waals surface area (Å²) >= 11 is 11.9. The second-order valence-electron chi connectivity index (χ2n) is 5.35. The molecule has 0 spiro atoms. The third-order valence-corrected chi connectivity index (χ3v) is 4.50. The van der Waals surface area contributed by atoms with E-state index >= 15 is 0 Å². The van der Waals surface area contributed by atoms with Crippen molar-refractivity contribution in [2.75, 3.05) is 11.8 Å². The van der Waals surface area contributed by atoms with Crippen LogP contribution >= 0.6 is 23.2 Å². The number of ether oxygens (including phenoxy) is 2. The topological polar surface area (TPSA) is 67.9 Å². The fourth-order valence-corrected chi connectivity index (χ4v) is 2.83. The summed E-state index contributed by atoms with van der Waals surface area (Å²) in [5.41, 5.74) is 3.58. The van der Waals surface area contributed by atoms with Gasteiger partial charge in [-0.1, -0.05) is 29.3 Å². The smallest absolute Gasteiger partial charge is 0.282 e. The summed E-state index contributed by atoms with van der Waals surface area (Å²) in [5, 5.41) is 1.78. The Balaban J connectivity index is 1.66. The highest BCUT2D eigenvalue weighted by atomic mass is 35.5. The molecule has 2 aromatic carbocycles. The Morgan fingerprint density at radius 1 is 1.00 bits per heavy atom. The van der Waals surface area contributed by atoms with E-state index in [-0.39, 0.29) is 17.4 Å². The number of nitrogens with one attached hydrogen (secondary N) is 1. The molecular weight excluding hydrogens is 367 g/mol. The molecule has 8 heteroatoms. The summed E-state index contributed by atoms with van der Waals surface area (Å²) in [6.07, 6.45) is 1.50. The predicted molar refractivity (Wildman–Crippen MR) is 92.6 cm³/mol. The normalized spacial score (nSPS) is 17.4. The van der Waals surface area contributed by atoms with Crippen molar-refractivity contribution in [2.45, 2.75) is 0 Å². The van der Waals surface area contributed by atoms with Crippen LogP contribution in [0.5, 0.6) is 11.5 Å². The Hall–Kier alpha value is -2.70. The lowest BCUT2D eigenvalue weighted by Crippen LogP contribution is -2.35. The SMILES string of the molecule is O=C1NN(c2ccc(Cl)c(Cl)c2)C(=O)/C1=C/c1ccc2c(c1)OCO2. The van der Waals surface area contributed by atoms with Gasteiger partial charge in [-0.3, -0.25) is 15.0 Å². The number of amides is 2. The van der Waals surface area contributed by atoms with Crippen molar-refractivity contribution in [3.63, 3.8) is 0 Å². The molecule has 2 amide bonds. The highest BCUT2D eigenvalue weighted by Gasteiger charge is 2.34. The maximum absolute atomic E-state index is 12.6. The lowest BCUT2D eigenvalue weighted by molar-refractivity contribution is -0.117. The first-order chi connectivity index (χ1) is 12.0. The lowest BCUT2D eigenvalue weighted by atomic mass is 10.1. The molecular formula is C17H10Cl2N2O4. The zero-order valence-electron chi connectivity index (χ0n) is 12.6. The number of hydrogen-bond donors (Lipinski definition) is 1. The monoisotopic (exact) mass is 376 g/mol. The van der Waals surface area contributed by atoms with Gasteiger partial charge < -0.3 is 9.47 Å². The first kappa shape index (κ1) is 15.8. The summed E-state index contributed by atoms with van der Waals surface area (Å²) in [4.78, 5) is 24.8. The molecule has 1 N–H and O–H groups in total. The molecule has 0 saturated carbocycles. The Bertz CT molecular complexity index is 942. The van der Waals surface area contributed by atoms with Gasteiger partial charge in [0.2, 0.25) is 6.79 Å². The van der Waals surface area contributed by atoms with Gasteiger partial charge >= 0.3 is 0 Å². The van der Waals surface area contributed by atoms with Crippen LogP contribution in [0.25, 0.3) is 6.08 Å². The number of carbonyl (C=O) groups excluding carboxylic acids is 2. The van der Waals surface area contributed by atoms with E-state index in [4.69, 9.17) is 32.7 Å². The van der Waals surface area contributed by atoms with Gasteiger partial charge in [0, 0.05) is 0 Å². The minimum absolute atomic E-state index is 0.00457. The van der Waals surface area contributed by atoms with Crippen LogP contribution in [0.1, 0.15) is 5.56 Å². The van der Waals surface area contributed by atoms with Gasteiger partial charge in [-0.2, -0.15) is 0 Å². The minimum Gasteiger partial charge on any atom is -0.454 e. The van der Waals surface area contributed by atoms with E-state index in [1.807, 2.05) is 0 Å². The highest BCUT2D eigenvalue weighted by Crippen LogP contribution is 2.34. The molecule has 1 fully saturated rings. The lowest BCUT2D eigenvalue weighted by Gasteiger charge is -2.15. The van der Waals surface area contributed by atoms with Crippen LogP contribution in [0.15, 0.2) is 42.0 Å². The zero-order valence-corrected chi connectivity index (χ0v) is 14.1. The average Bonchev–Trinajstić information content (AvgIpc) is 3.16. The van der Waals surface area contributed by atoms with Crippen LogP contribution in [-0.2, 0) is 9.59 Å². The minimum atomic E-state index is -0.506. The maximum Gasteiger partial charge on any atom is 0.282 e. The number of fused-ring (bicyclic) bond motifs is 1. The summed E-state index contributed by atoms with van der Waals surface area (Å²) in [7, 11) is 0. The second-order valence-corrected chi connectivity index (χ2v) is 6.17. The number of nitrogens with zero attached hydrogens (tertiary/aromatic N) is 1. The Kier molecular flexibility index (Phi) is 3.78. The maximum atomic E-state index is 12.6. The van der Waals surface area contributed by atoms with Crippen molar-refractivity contribution in [3.05, 3.63) is 57.6 Å². The summed E-state index contributed by atoms with van der Waals surface area (Å²) in [6.45, 7) is 0.153. The third-order valence-electron chi connectivity index (χ3n) is 3.76. The van der Waals surface area contributed by atoms with Crippen molar-refractivity contribution < 1.29 is 19.1 Å². The van der Waals surface area contributed by atoms with E-state index in [9.17, 15) is 9.59 Å². The number of carbonyl (C=O) groups is 2. The summed E-state index contributed by atoms with van der Waals surface area (Å²) in [5.74, 6) is 0.207. The van der Waals surface area contributed by atoms with Crippen LogP contribution in [0, 0.1) is 0 Å². The molecule has 4 rings (SSSR count). The Morgan fingerprint density at radius 3 is 2.60 bits per heavy atom. The zero-order chi connectivity index (χ0) is 17.6. The molecule has 126 valence electrons. The van der Waals surface area contributed by atoms with Crippen molar-refractivity contribution in [1.29, 1.82) is 0 Å². The van der Waals surface area contributed by atoms with Crippen LogP contribution in [0.3, 0.4) is 0 Å². The van der Waals surface area contributed by atoms with E-state index in [1.165, 1.54) is 12.1 Å². The fourth-order valence-electron chi connectivity index (χ4n) is 2.53. The number of anilines is 1. The van der Waals surface area contributed by atoms with Gasteiger partial charge in [-0.05, 0) is 42.0 Å². The van der Waals surface area contributed by atoms with Gasteiger partial charge in [-0.25, -0.2) is 5.01 Å². The van der Waals surface area contributed by atoms with Crippen LogP contribution in [0.2, 0.25) is 10.0 Å². The number of halogens is 2. The molecule has 2 heterocycles. The van der Waals surface area contributed by atoms with Gasteiger partial charge in [0.15, 0.2) is 11.5 Å². The summed E-state index contributed by atoms with van der Waals surface area (Å²) in [6, 6.07) is 9.82. The Labute approximate surface area is 152 Å². The average molecular weight is 377 g/mol. The molecule has 6 nitrogen and oxygen atoms in total. The molecule has 0 bridgehead atoms. The van der Waals surface area contributed by atoms with Crippen molar-refractivity contribution in [2.24, 2.45) is 0 Å². The highest BCUT2D eigenvalue weighted by molar-refractivity contribution is 6.42. The molecule has 2 aliphatic rings. The van der Waals surface area contributed by atoms with Crippen molar-refractivity contribution >= 4 is 46.8 Å². The molecule has 0 unspecified atom stereocenters. The van der Waals surface area contributed by atoms with E-state index in [0.717, 1.165) is 5.01 Å². The van der Waals surface area contributed by atoms with Crippen molar-refractivity contribution in [1.82, 2.24) is 5.43 Å². The van der Waals surface area contributed by atoms with Crippen molar-refractivity contribution in [3.8, 4) is 11.5 Å². The molecule has 25 heavy (non-hydrogen) atoms. The predicted octanol–water partition coefficient (Wildman–Crippen LogP) is 3.18. The van der Waals surface area contributed by atoms with Gasteiger partial charge in [0.25, 0.3) is 11.8 Å². The first-order valence-corrected chi connectivity index (χ1v) is 8.00. The van der Waals surface area contributed by atoms with Gasteiger partial charge in [-0.15, -0.1) is 0 Å². The Morgan fingerprint density at radius 2 is 1.80 bits per heavy atom. The molecule has 0 aromatic heterocycles. The molecule has 0 aliphatic carbocycles. The number of benzene rings is 2. The van der Waals surface area contributed by atoms with Crippen LogP contribution in [-0.4, -0.2) is 18.6 Å². The largest absolute Gasteiger partial charge is 0.454 e. The van der Waals surface area contributed by atoms with Crippen LogP contribution < -0.4 is 19.9 Å². The van der Waals surface area contributed by atoms with E-state index in [2.05, 4.69) is 5.43 Å². The molecule has 2 aromatic rings. The van der Waals surface area contributed by atoms with E-state index < -0.39 is 11.8 Å². The van der Waals surface area contributed by atoms with E-state index in [0.29, 0.717) is 27.8 Å². The van der Waals surface area contributed by atoms with Gasteiger partial charge in [0.05, 0.1) is 15.7 Å². The number of rotatable bonds is 2. The quantitative estimate of drug-likeness (QED) is 0.645. The number of hydrazine groups is 1. The third kappa shape index (κ3) is 2.79. The van der Waals surface area contributed by atoms with Crippen LogP contribution in [0.4, 0.5) is 5.69 Å². The molecule has 1 saturated heterocycles. The summed E-state index contributed by atoms with van der Waals surface area (Å²) < 4.78 is 10.5. The second kappa shape index (κ2) is 5.98. The molecule has 2 aliphatic heterocycles. The van der Waals surface area contributed by atoms with E-state index in [1.54, 1.807) is 30.3 Å². The standard InChI is InChI=1S/C17H10Cl2N2O4/c18-12-3-2-10(7-13(12)19)21-17(23)11(16(22)20-21)5-9-1-4-14-15(6-9)25-8-24-14/h1-7H,8H2,(H,20,22)/b11-5+. The number of hydrogen-bond acceptors (Lipinski definition) is 4.